The van der Waals surface area contributed by atoms with Crippen LogP contribution in [0, 0.1) is 0 Å². The standard InChI is InChI=1S/C71H84N10O14/c1-6-46-48-32-44(92-68(89)78-28-20-42(21-29-78)76-24-12-10-13-25-76)16-18-56(48)74-62-50(46)38-80-58(62)34-54(52(40-82)64(80)85)70(8-3,94-60(83)36-72-5)66(87)73-37-61(84)95-71(9-4)55-35-59-63-51(39-81(59)65(86)53(55)41-91-67(71)88)47(7-2)49-33-45(17-19-57(49)75-63)93-69(90)79-30-22-43(23-31-79)77-26-14-11-15-27-77/h16-19,32-35,42-43,72,82H,6-15,20-31,36-41H2,1-5H3,(H,73,87)/t70?,71-/m0/s1. The van der Waals surface area contributed by atoms with E-state index in [-0.39, 0.29) is 60.4 Å². The average Bonchev–Trinajstić information content (AvgIpc) is 1.64. The Morgan fingerprint density at radius 1 is 0.632 bits per heavy atom. The smallest absolute Gasteiger partial charge is 0.415 e. The van der Waals surface area contributed by atoms with E-state index in [0.29, 0.717) is 96.3 Å². The monoisotopic (exact) mass is 1300 g/mol. The summed E-state index contributed by atoms with van der Waals surface area (Å²) < 4.78 is 32.9. The van der Waals surface area contributed by atoms with Gasteiger partial charge in [0.05, 0.1) is 71.2 Å². The molecule has 11 heterocycles. The second kappa shape index (κ2) is 26.9. The third-order valence-corrected chi connectivity index (χ3v) is 21.0. The number of hydrogen-bond donors (Lipinski definition) is 3. The van der Waals surface area contributed by atoms with E-state index in [9.17, 15) is 38.7 Å². The number of nitrogens with zero attached hydrogens (tertiary/aromatic N) is 8. The Kier molecular flexibility index (Phi) is 18.4. The minimum Gasteiger partial charge on any atom is -0.457 e. The summed E-state index contributed by atoms with van der Waals surface area (Å²) in [5, 5.41) is 17.9. The number of aryl methyl sites for hydroxylation is 2. The molecule has 4 saturated heterocycles. The molecular weight excluding hydrogens is 1220 g/mol. The highest BCUT2D eigenvalue weighted by molar-refractivity contribution is 5.95. The lowest BCUT2D eigenvalue weighted by atomic mass is 9.85. The zero-order valence-corrected chi connectivity index (χ0v) is 54.9. The van der Waals surface area contributed by atoms with Gasteiger partial charge in [-0.05, 0) is 170 Å². The second-order valence-corrected chi connectivity index (χ2v) is 26.1. The van der Waals surface area contributed by atoms with Crippen molar-refractivity contribution in [2.45, 2.75) is 167 Å². The molecule has 0 spiro atoms. The summed E-state index contributed by atoms with van der Waals surface area (Å²) in [6, 6.07) is 14.6. The maximum Gasteiger partial charge on any atom is 0.415 e. The van der Waals surface area contributed by atoms with Crippen molar-refractivity contribution in [3.05, 3.63) is 114 Å². The zero-order chi connectivity index (χ0) is 66.4. The Balaban J connectivity index is 0.747. The number of nitrogens with one attached hydrogen (secondary N) is 2. The minimum absolute atomic E-state index is 0.0503. The number of aromatic nitrogens is 4. The highest BCUT2D eigenvalue weighted by Crippen LogP contribution is 2.45. The topological polar surface area (TPSA) is 276 Å². The molecule has 2 atom stereocenters. The first-order valence-corrected chi connectivity index (χ1v) is 34.1. The number of rotatable bonds is 17. The van der Waals surface area contributed by atoms with Gasteiger partial charge in [-0.25, -0.2) is 24.4 Å². The van der Waals surface area contributed by atoms with Gasteiger partial charge in [0.15, 0.2) is 0 Å². The molecule has 0 saturated carbocycles. The van der Waals surface area contributed by atoms with Gasteiger partial charge in [-0.1, -0.05) is 40.5 Å². The molecule has 0 aliphatic carbocycles. The van der Waals surface area contributed by atoms with Gasteiger partial charge in [0, 0.05) is 71.3 Å². The van der Waals surface area contributed by atoms with Crippen LogP contribution in [0.1, 0.15) is 149 Å². The number of esters is 3. The number of benzene rings is 2. The lowest BCUT2D eigenvalue weighted by molar-refractivity contribution is -0.189. The number of pyridine rings is 4. The molecule has 1 unspecified atom stereocenters. The number of piperidine rings is 4. The van der Waals surface area contributed by atoms with Gasteiger partial charge in [-0.3, -0.25) is 24.0 Å². The lowest BCUT2D eigenvalue weighted by Crippen LogP contribution is -2.52. The molecule has 0 bridgehead atoms. The summed E-state index contributed by atoms with van der Waals surface area (Å²) in [6.07, 6.45) is 10.7. The van der Waals surface area contributed by atoms with Crippen LogP contribution in [0.2, 0.25) is 0 Å². The van der Waals surface area contributed by atoms with Crippen LogP contribution in [0.15, 0.2) is 58.1 Å². The van der Waals surface area contributed by atoms with Crippen molar-refractivity contribution in [1.29, 1.82) is 0 Å². The van der Waals surface area contributed by atoms with E-state index in [1.807, 2.05) is 19.9 Å². The van der Waals surface area contributed by atoms with Gasteiger partial charge in [0.1, 0.15) is 24.7 Å². The van der Waals surface area contributed by atoms with Crippen molar-refractivity contribution in [3.8, 4) is 34.3 Å². The molecule has 502 valence electrons. The van der Waals surface area contributed by atoms with Crippen molar-refractivity contribution >= 4 is 57.8 Å². The molecule has 24 heteroatoms. The van der Waals surface area contributed by atoms with Gasteiger partial charge in [0.2, 0.25) is 11.2 Å². The van der Waals surface area contributed by atoms with Gasteiger partial charge in [-0.15, -0.1) is 0 Å². The number of aliphatic hydroxyl groups is 1. The Hall–Kier alpha value is -8.58. The number of amides is 3. The van der Waals surface area contributed by atoms with E-state index in [2.05, 4.69) is 20.4 Å². The highest BCUT2D eigenvalue weighted by atomic mass is 16.6. The van der Waals surface area contributed by atoms with E-state index in [0.717, 1.165) is 79.3 Å². The summed E-state index contributed by atoms with van der Waals surface area (Å²) in [5.41, 5.74) is 0.0709. The fraction of sp³-hybridized carbons (Fsp3) is 0.521. The minimum atomic E-state index is -2.35. The van der Waals surface area contributed by atoms with Crippen LogP contribution in [-0.2, 0) is 83.7 Å². The van der Waals surface area contributed by atoms with Crippen LogP contribution in [-0.4, -0.2) is 164 Å². The third-order valence-electron chi connectivity index (χ3n) is 21.0. The number of ether oxygens (including phenoxy) is 5. The molecule has 24 nitrogen and oxygen atoms in total. The van der Waals surface area contributed by atoms with E-state index < -0.39 is 78.1 Å². The maximum atomic E-state index is 15.1. The van der Waals surface area contributed by atoms with Crippen LogP contribution in [0.5, 0.6) is 11.5 Å². The van der Waals surface area contributed by atoms with Crippen LogP contribution >= 0.6 is 0 Å². The highest BCUT2D eigenvalue weighted by Gasteiger charge is 2.52. The van der Waals surface area contributed by atoms with Crippen molar-refractivity contribution in [2.75, 3.05) is 72.5 Å². The predicted octanol–water partition coefficient (Wildman–Crippen LogP) is 7.07. The van der Waals surface area contributed by atoms with Crippen molar-refractivity contribution in [1.82, 2.24) is 49.3 Å². The zero-order valence-electron chi connectivity index (χ0n) is 54.9. The summed E-state index contributed by atoms with van der Waals surface area (Å²) in [6.45, 7) is 11.6. The molecule has 4 fully saturated rings. The Labute approximate surface area is 550 Å². The molecule has 4 aromatic heterocycles. The molecule has 6 aromatic rings. The summed E-state index contributed by atoms with van der Waals surface area (Å²) in [7, 11) is 1.51. The van der Waals surface area contributed by atoms with Gasteiger partial charge >= 0.3 is 30.1 Å². The number of hydrogen-bond acceptors (Lipinski definition) is 19. The molecule has 3 N–H and O–H groups in total. The number of carbonyl (C=O) groups is 6. The van der Waals surface area contributed by atoms with Gasteiger partial charge < -0.3 is 68.2 Å². The number of carbonyl (C=O) groups excluding carboxylic acids is 6. The van der Waals surface area contributed by atoms with Crippen molar-refractivity contribution in [2.24, 2.45) is 0 Å². The first-order valence-electron chi connectivity index (χ1n) is 34.1. The predicted molar refractivity (Wildman–Crippen MR) is 351 cm³/mol. The van der Waals surface area contributed by atoms with E-state index >= 15 is 4.79 Å². The molecular formula is C71H84N10O14. The molecule has 7 aliphatic heterocycles. The largest absolute Gasteiger partial charge is 0.457 e. The fourth-order valence-electron chi connectivity index (χ4n) is 15.9. The van der Waals surface area contributed by atoms with Gasteiger partial charge in [-0.2, -0.15) is 0 Å². The molecule has 95 heavy (non-hydrogen) atoms. The number of cyclic esters (lactones) is 1. The van der Waals surface area contributed by atoms with Crippen LogP contribution in [0.4, 0.5) is 9.59 Å². The number of aliphatic hydroxyl groups excluding tert-OH is 1. The summed E-state index contributed by atoms with van der Waals surface area (Å²) in [4.78, 5) is 133. The number of fused-ring (bicyclic) bond motifs is 9. The fourth-order valence-corrected chi connectivity index (χ4v) is 15.9. The molecule has 7 aliphatic rings. The normalized spacial score (nSPS) is 19.7. The third kappa shape index (κ3) is 11.8. The second-order valence-electron chi connectivity index (χ2n) is 26.1. The SMILES string of the molecule is CCc1c2c(nc3ccc(OC(=O)N4CCC(N5CCCCC5)CC4)cc13)-c1cc(C(CC)(OC(=O)CNC)C(=O)NCC(=O)O[C@]3(CC)C(=O)OCc4c3cc3n(c4=O)Cc4c-3nc3ccc(OC(=O)N5CCC(N6CCCCC6)CC5)cc3c4CC)c(CO)c(=O)n1C2. The van der Waals surface area contributed by atoms with E-state index in [1.165, 1.54) is 56.2 Å². The Morgan fingerprint density at radius 2 is 1.15 bits per heavy atom. The summed E-state index contributed by atoms with van der Waals surface area (Å²) in [5.74, 6) is -3.27. The van der Waals surface area contributed by atoms with Crippen LogP contribution < -0.4 is 31.2 Å². The van der Waals surface area contributed by atoms with Crippen molar-refractivity contribution in [3.63, 3.8) is 0 Å². The first kappa shape index (κ1) is 65.1. The average molecular weight is 1300 g/mol. The van der Waals surface area contributed by atoms with Crippen LogP contribution in [0.3, 0.4) is 0 Å². The first-order chi connectivity index (χ1) is 46.0. The quantitative estimate of drug-likeness (QED) is 0.0607. The number of likely N-dealkylation sites (tertiary alicyclic amines) is 4. The Morgan fingerprint density at radius 3 is 1.63 bits per heavy atom. The molecule has 2 aromatic carbocycles. The van der Waals surface area contributed by atoms with Crippen molar-refractivity contribution < 1.29 is 57.6 Å². The summed E-state index contributed by atoms with van der Waals surface area (Å²) >= 11 is 0. The maximum absolute atomic E-state index is 15.1. The lowest BCUT2D eigenvalue weighted by Gasteiger charge is -2.39. The van der Waals surface area contributed by atoms with Crippen LogP contribution in [0.25, 0.3) is 44.6 Å². The Bertz CT molecular complexity index is 4200. The number of likely N-dealkylation sites (N-methyl/N-ethyl adjacent to an activating group) is 1. The van der Waals surface area contributed by atoms with E-state index in [1.54, 1.807) is 64.6 Å². The molecule has 3 amide bonds. The van der Waals surface area contributed by atoms with Gasteiger partial charge in [0.25, 0.3) is 17.0 Å². The van der Waals surface area contributed by atoms with E-state index in [4.69, 9.17) is 33.7 Å². The molecule has 13 rings (SSSR count). The molecule has 0 radical (unpaired) electrons.